The van der Waals surface area contributed by atoms with Crippen molar-refractivity contribution in [2.45, 2.75) is 25.3 Å². The van der Waals surface area contributed by atoms with Gasteiger partial charge in [0.15, 0.2) is 0 Å². The van der Waals surface area contributed by atoms with Crippen molar-refractivity contribution in [2.24, 2.45) is 0 Å². The van der Waals surface area contributed by atoms with Crippen LogP contribution in [0.1, 0.15) is 36.4 Å². The largest absolute Gasteiger partial charge is 0.356 e. The van der Waals surface area contributed by atoms with Gasteiger partial charge in [-0.05, 0) is 36.6 Å². The number of carbonyl (C=O) groups excluding carboxylic acids is 2. The highest BCUT2D eigenvalue weighted by Gasteiger charge is 2.16. The maximum Gasteiger partial charge on any atom is 0.250 e. The van der Waals surface area contributed by atoms with Crippen LogP contribution in [0.15, 0.2) is 79.0 Å². The Balaban J connectivity index is 1.64. The molecule has 2 N–H and O–H groups in total. The second-order valence-electron chi connectivity index (χ2n) is 7.27. The Morgan fingerprint density at radius 2 is 1.73 bits per heavy atom. The Kier molecular flexibility index (Phi) is 8.42. The van der Waals surface area contributed by atoms with E-state index < -0.39 is 0 Å². The summed E-state index contributed by atoms with van der Waals surface area (Å²) in [5.41, 5.74) is 2.09. The first-order valence-corrected chi connectivity index (χ1v) is 10.5. The van der Waals surface area contributed by atoms with Crippen LogP contribution in [0.2, 0.25) is 0 Å². The van der Waals surface area contributed by atoms with E-state index in [0.29, 0.717) is 32.5 Å². The van der Waals surface area contributed by atoms with Gasteiger partial charge in [-0.1, -0.05) is 66.7 Å². The lowest BCUT2D eigenvalue weighted by molar-refractivity contribution is -0.123. The molecule has 1 unspecified atom stereocenters. The molecule has 1 atom stereocenters. The van der Waals surface area contributed by atoms with Gasteiger partial charge in [0.25, 0.3) is 5.91 Å². The number of hydrogen-bond acceptors (Lipinski definition) is 3. The van der Waals surface area contributed by atoms with Crippen LogP contribution < -0.4 is 10.6 Å². The first kappa shape index (κ1) is 21.5. The third-order valence-electron chi connectivity index (χ3n) is 4.98. The fourth-order valence-electron chi connectivity index (χ4n) is 3.36. The summed E-state index contributed by atoms with van der Waals surface area (Å²) in [6.07, 6.45) is 9.09. The van der Waals surface area contributed by atoms with Crippen molar-refractivity contribution in [3.05, 3.63) is 90.1 Å². The Hall–Kier alpha value is -3.18. The van der Waals surface area contributed by atoms with Crippen molar-refractivity contribution in [1.29, 1.82) is 0 Å². The minimum absolute atomic E-state index is 0.0303. The molecular formula is C25H29N3O2. The fraction of sp³-hybridized carbons (Fsp3) is 0.280. The zero-order chi connectivity index (χ0) is 21.0. The lowest BCUT2D eigenvalue weighted by Crippen LogP contribution is -2.32. The third-order valence-corrected chi connectivity index (χ3v) is 4.98. The summed E-state index contributed by atoms with van der Waals surface area (Å²) < 4.78 is 0. The van der Waals surface area contributed by atoms with E-state index >= 15 is 0 Å². The van der Waals surface area contributed by atoms with Gasteiger partial charge in [0.2, 0.25) is 5.91 Å². The van der Waals surface area contributed by atoms with Crippen molar-refractivity contribution in [3.8, 4) is 0 Å². The van der Waals surface area contributed by atoms with Crippen LogP contribution >= 0.6 is 0 Å². The molecule has 156 valence electrons. The molecule has 0 saturated carbocycles. The van der Waals surface area contributed by atoms with Gasteiger partial charge in [0.05, 0.1) is 0 Å². The standard InChI is InChI=1S/C25H29N3O2/c29-24-20-23(22-12-5-2-6-13-22)26-17-9-19-28(18-8-7-16-27-24)25(30)15-14-21-10-3-1-4-11-21/h1-6,8,10-15,18,23,26H,7,9,16-17,19-20H2,(H,27,29). The Bertz CT molecular complexity index is 862. The van der Waals surface area contributed by atoms with Crippen LogP contribution in [0.3, 0.4) is 0 Å². The van der Waals surface area contributed by atoms with E-state index in [-0.39, 0.29) is 17.9 Å². The molecule has 2 amide bonds. The molecule has 2 aromatic carbocycles. The summed E-state index contributed by atoms with van der Waals surface area (Å²) >= 11 is 0. The maximum absolute atomic E-state index is 12.7. The Labute approximate surface area is 178 Å². The summed E-state index contributed by atoms with van der Waals surface area (Å²) in [6, 6.07) is 19.8. The molecule has 0 bridgehead atoms. The van der Waals surface area contributed by atoms with Crippen LogP contribution in [0.4, 0.5) is 0 Å². The molecule has 5 heteroatoms. The van der Waals surface area contributed by atoms with Crippen molar-refractivity contribution in [3.63, 3.8) is 0 Å². The maximum atomic E-state index is 12.7. The van der Waals surface area contributed by atoms with Gasteiger partial charge in [-0.3, -0.25) is 9.59 Å². The molecule has 2 aromatic rings. The summed E-state index contributed by atoms with van der Waals surface area (Å²) in [5, 5.41) is 6.44. The smallest absolute Gasteiger partial charge is 0.250 e. The number of rotatable bonds is 3. The van der Waals surface area contributed by atoms with E-state index in [1.54, 1.807) is 11.0 Å². The second-order valence-corrected chi connectivity index (χ2v) is 7.27. The molecule has 0 fully saturated rings. The fourth-order valence-corrected chi connectivity index (χ4v) is 3.36. The minimum atomic E-state index is -0.0476. The lowest BCUT2D eigenvalue weighted by Gasteiger charge is -2.20. The van der Waals surface area contributed by atoms with Crippen molar-refractivity contribution in [1.82, 2.24) is 15.5 Å². The number of amides is 2. The highest BCUT2D eigenvalue weighted by molar-refractivity contribution is 5.92. The third kappa shape index (κ3) is 7.01. The topological polar surface area (TPSA) is 61.4 Å². The number of carbonyl (C=O) groups is 2. The summed E-state index contributed by atoms with van der Waals surface area (Å²) in [4.78, 5) is 26.7. The summed E-state index contributed by atoms with van der Waals surface area (Å²) in [7, 11) is 0. The molecule has 5 nitrogen and oxygen atoms in total. The Morgan fingerprint density at radius 1 is 1.00 bits per heavy atom. The highest BCUT2D eigenvalue weighted by atomic mass is 16.2. The molecule has 1 aliphatic rings. The minimum Gasteiger partial charge on any atom is -0.356 e. The quantitative estimate of drug-likeness (QED) is 0.769. The van der Waals surface area contributed by atoms with Gasteiger partial charge in [-0.2, -0.15) is 0 Å². The zero-order valence-corrected chi connectivity index (χ0v) is 17.2. The van der Waals surface area contributed by atoms with Crippen LogP contribution in [-0.4, -0.2) is 36.3 Å². The van der Waals surface area contributed by atoms with E-state index in [2.05, 4.69) is 10.6 Å². The van der Waals surface area contributed by atoms with Gasteiger partial charge in [-0.15, -0.1) is 0 Å². The number of benzene rings is 2. The first-order valence-electron chi connectivity index (χ1n) is 10.5. The molecule has 1 aliphatic heterocycles. The molecule has 1 heterocycles. The molecule has 0 aliphatic carbocycles. The van der Waals surface area contributed by atoms with Crippen LogP contribution in [0.5, 0.6) is 0 Å². The van der Waals surface area contributed by atoms with Gasteiger partial charge in [0.1, 0.15) is 0 Å². The van der Waals surface area contributed by atoms with Crippen LogP contribution in [-0.2, 0) is 9.59 Å². The van der Waals surface area contributed by atoms with E-state index in [9.17, 15) is 9.59 Å². The average molecular weight is 404 g/mol. The van der Waals surface area contributed by atoms with Crippen molar-refractivity contribution >= 4 is 17.9 Å². The molecule has 0 saturated heterocycles. The highest BCUT2D eigenvalue weighted by Crippen LogP contribution is 2.16. The average Bonchev–Trinajstić information content (AvgIpc) is 2.80. The Morgan fingerprint density at radius 3 is 2.50 bits per heavy atom. The van der Waals surface area contributed by atoms with Crippen molar-refractivity contribution < 1.29 is 9.59 Å². The van der Waals surface area contributed by atoms with Gasteiger partial charge in [0, 0.05) is 37.8 Å². The predicted molar refractivity (Wildman–Crippen MR) is 120 cm³/mol. The summed E-state index contributed by atoms with van der Waals surface area (Å²) in [6.45, 7) is 1.88. The van der Waals surface area contributed by atoms with Crippen molar-refractivity contribution in [2.75, 3.05) is 19.6 Å². The van der Waals surface area contributed by atoms with E-state index in [4.69, 9.17) is 0 Å². The molecule has 30 heavy (non-hydrogen) atoms. The van der Waals surface area contributed by atoms with Crippen LogP contribution in [0.25, 0.3) is 6.08 Å². The lowest BCUT2D eigenvalue weighted by atomic mass is 10.0. The van der Waals surface area contributed by atoms with Gasteiger partial charge < -0.3 is 15.5 Å². The van der Waals surface area contributed by atoms with Gasteiger partial charge >= 0.3 is 0 Å². The molecule has 3 rings (SSSR count). The second kappa shape index (κ2) is 11.7. The molecule has 0 aromatic heterocycles. The SMILES string of the molecule is O=C1CC(c2ccccc2)NCCCN(C(=O)C=Cc2ccccc2)C=CCCN1. The zero-order valence-electron chi connectivity index (χ0n) is 17.2. The number of nitrogens with zero attached hydrogens (tertiary/aromatic N) is 1. The first-order chi connectivity index (χ1) is 14.7. The van der Waals surface area contributed by atoms with Crippen LogP contribution in [0, 0.1) is 0 Å². The molecule has 0 spiro atoms. The van der Waals surface area contributed by atoms with E-state index in [1.165, 1.54) is 0 Å². The number of nitrogens with one attached hydrogen (secondary N) is 2. The van der Waals surface area contributed by atoms with E-state index in [1.807, 2.05) is 79.0 Å². The molecular weight excluding hydrogens is 374 g/mol. The monoisotopic (exact) mass is 403 g/mol. The summed E-state index contributed by atoms with van der Waals surface area (Å²) in [5.74, 6) is -0.0173. The normalized spacial score (nSPS) is 18.9. The predicted octanol–water partition coefficient (Wildman–Crippen LogP) is 3.67. The van der Waals surface area contributed by atoms with E-state index in [0.717, 1.165) is 17.5 Å². The van der Waals surface area contributed by atoms with Gasteiger partial charge in [-0.25, -0.2) is 0 Å². The molecule has 0 radical (unpaired) electrons. The number of hydrogen-bond donors (Lipinski definition) is 2.